The summed E-state index contributed by atoms with van der Waals surface area (Å²) in [6.45, 7) is 3.48. The van der Waals surface area contributed by atoms with Crippen molar-refractivity contribution in [3.05, 3.63) is 58.6 Å². The van der Waals surface area contributed by atoms with Gasteiger partial charge in [-0.1, -0.05) is 29.4 Å². The van der Waals surface area contributed by atoms with Crippen molar-refractivity contribution in [1.29, 1.82) is 0 Å². The Balaban J connectivity index is 1.58. The molecule has 1 amide bonds. The molecule has 1 unspecified atom stereocenters. The lowest BCUT2D eigenvalue weighted by Gasteiger charge is -2.34. The van der Waals surface area contributed by atoms with E-state index in [9.17, 15) is 4.79 Å². The topological polar surface area (TPSA) is 74.5 Å². The average Bonchev–Trinajstić information content (AvgIpc) is 3.37. The lowest BCUT2D eigenvalue weighted by molar-refractivity contribution is 0.0968. The highest BCUT2D eigenvalue weighted by atomic mass is 35.5. The summed E-state index contributed by atoms with van der Waals surface area (Å²) < 4.78 is 17.2. The Kier molecular flexibility index (Phi) is 6.03. The van der Waals surface area contributed by atoms with Crippen LogP contribution in [0, 0.1) is 5.82 Å². The first-order valence-corrected chi connectivity index (χ1v) is 12.1. The number of carbonyl (C=O) groups excluding carboxylic acids is 1. The van der Waals surface area contributed by atoms with E-state index < -0.39 is 11.7 Å². The number of amides is 1. The van der Waals surface area contributed by atoms with Crippen LogP contribution >= 0.6 is 23.4 Å². The number of benzene rings is 1. The standard InChI is InChI=1S/C23H24ClFN6OS/c1-13-28-29-22(33-13)14-5-6-17(19(25)10-14)23(32)31(15-4-3-8-26-11-15)21-20-16(7-9-27-21)18(24)12-30(20)2/h5-7,9-10,12-13,15,26,28H,3-4,8,11H2,1-2H3/t13?,15-/m1/s1. The number of hydrogen-bond donors (Lipinski definition) is 2. The Morgan fingerprint density at radius 2 is 2.21 bits per heavy atom. The molecule has 10 heteroatoms. The molecule has 2 aromatic heterocycles. The minimum atomic E-state index is -0.578. The Hall–Kier alpha value is -2.62. The van der Waals surface area contributed by atoms with Crippen LogP contribution in [0.3, 0.4) is 0 Å². The number of aryl methyl sites for hydroxylation is 1. The lowest BCUT2D eigenvalue weighted by atomic mass is 10.0. The lowest BCUT2D eigenvalue weighted by Crippen LogP contribution is -2.49. The van der Waals surface area contributed by atoms with Gasteiger partial charge in [-0.05, 0) is 44.5 Å². The van der Waals surface area contributed by atoms with Crippen molar-refractivity contribution in [1.82, 2.24) is 20.3 Å². The number of fused-ring (bicyclic) bond motifs is 1. The van der Waals surface area contributed by atoms with Crippen LogP contribution in [-0.2, 0) is 7.05 Å². The van der Waals surface area contributed by atoms with Crippen LogP contribution in [0.5, 0.6) is 0 Å². The normalized spacial score (nSPS) is 20.5. The summed E-state index contributed by atoms with van der Waals surface area (Å²) in [4.78, 5) is 20.0. The maximum Gasteiger partial charge on any atom is 0.262 e. The SMILES string of the molecule is CC1NN=C(c2ccc(C(=O)N(c3nccc4c(Cl)cn(C)c34)[C@@H]3CCCNC3)c(F)c2)S1. The number of anilines is 1. The van der Waals surface area contributed by atoms with Gasteiger partial charge >= 0.3 is 0 Å². The van der Waals surface area contributed by atoms with Crippen molar-refractivity contribution in [2.75, 3.05) is 18.0 Å². The fourth-order valence-corrected chi connectivity index (χ4v) is 5.51. The monoisotopic (exact) mass is 486 g/mol. The van der Waals surface area contributed by atoms with E-state index in [4.69, 9.17) is 11.6 Å². The van der Waals surface area contributed by atoms with Gasteiger partial charge in [0.05, 0.1) is 27.5 Å². The van der Waals surface area contributed by atoms with Crippen molar-refractivity contribution >= 4 is 51.0 Å². The number of piperidine rings is 1. The maximum atomic E-state index is 15.3. The second-order valence-electron chi connectivity index (χ2n) is 8.29. The first kappa shape index (κ1) is 22.2. The molecule has 0 aliphatic carbocycles. The Morgan fingerprint density at radius 1 is 1.36 bits per heavy atom. The fraction of sp³-hybridized carbons (Fsp3) is 0.348. The van der Waals surface area contributed by atoms with Gasteiger partial charge in [-0.3, -0.25) is 15.1 Å². The van der Waals surface area contributed by atoms with E-state index in [1.54, 1.807) is 29.4 Å². The molecule has 2 aliphatic heterocycles. The number of hydrazone groups is 1. The predicted molar refractivity (Wildman–Crippen MR) is 132 cm³/mol. The molecular weight excluding hydrogens is 463 g/mol. The van der Waals surface area contributed by atoms with Crippen molar-refractivity contribution in [2.45, 2.75) is 31.2 Å². The summed E-state index contributed by atoms with van der Waals surface area (Å²) >= 11 is 7.93. The van der Waals surface area contributed by atoms with Gasteiger partial charge < -0.3 is 9.88 Å². The molecule has 0 saturated carbocycles. The van der Waals surface area contributed by atoms with E-state index in [1.807, 2.05) is 24.6 Å². The molecule has 2 N–H and O–H groups in total. The molecule has 2 atom stereocenters. The van der Waals surface area contributed by atoms with Crippen molar-refractivity contribution in [2.24, 2.45) is 12.1 Å². The molecule has 7 nitrogen and oxygen atoms in total. The number of halogens is 2. The minimum Gasteiger partial charge on any atom is -0.346 e. The molecule has 1 saturated heterocycles. The molecule has 172 valence electrons. The third kappa shape index (κ3) is 4.09. The van der Waals surface area contributed by atoms with Crippen LogP contribution in [0.25, 0.3) is 10.9 Å². The fourth-order valence-electron chi connectivity index (χ4n) is 4.41. The molecule has 0 bridgehead atoms. The number of hydrogen-bond acceptors (Lipinski definition) is 6. The summed E-state index contributed by atoms with van der Waals surface area (Å²) in [6, 6.07) is 6.33. The van der Waals surface area contributed by atoms with Crippen molar-refractivity contribution in [3.63, 3.8) is 0 Å². The van der Waals surface area contributed by atoms with E-state index in [1.165, 1.54) is 17.8 Å². The second-order valence-corrected chi connectivity index (χ2v) is 10.0. The van der Waals surface area contributed by atoms with E-state index >= 15 is 4.39 Å². The first-order valence-electron chi connectivity index (χ1n) is 10.9. The van der Waals surface area contributed by atoms with Crippen molar-refractivity contribution in [3.8, 4) is 0 Å². The molecule has 33 heavy (non-hydrogen) atoms. The number of thioether (sulfide) groups is 1. The second kappa shape index (κ2) is 8.96. The van der Waals surface area contributed by atoms with Crippen LogP contribution in [0.1, 0.15) is 35.7 Å². The molecule has 5 rings (SSSR count). The summed E-state index contributed by atoms with van der Waals surface area (Å²) in [5, 5.41) is 9.81. The maximum absolute atomic E-state index is 15.3. The molecule has 3 aromatic rings. The third-order valence-electron chi connectivity index (χ3n) is 5.99. The van der Waals surface area contributed by atoms with E-state index in [0.717, 1.165) is 30.3 Å². The highest BCUT2D eigenvalue weighted by Crippen LogP contribution is 2.34. The molecule has 1 fully saturated rings. The summed E-state index contributed by atoms with van der Waals surface area (Å²) in [5.41, 5.74) is 4.35. The van der Waals surface area contributed by atoms with Gasteiger partial charge in [0.2, 0.25) is 0 Å². The zero-order chi connectivity index (χ0) is 23.1. The van der Waals surface area contributed by atoms with Gasteiger partial charge in [-0.15, -0.1) is 0 Å². The summed E-state index contributed by atoms with van der Waals surface area (Å²) in [6.07, 6.45) is 5.15. The predicted octanol–water partition coefficient (Wildman–Crippen LogP) is 4.11. The zero-order valence-corrected chi connectivity index (χ0v) is 19.9. The number of pyridine rings is 1. The van der Waals surface area contributed by atoms with Crippen LogP contribution in [0.2, 0.25) is 5.02 Å². The summed E-state index contributed by atoms with van der Waals surface area (Å²) in [7, 11) is 1.87. The number of rotatable bonds is 4. The molecule has 0 spiro atoms. The van der Waals surface area contributed by atoms with Gasteiger partial charge in [-0.2, -0.15) is 5.10 Å². The molecule has 1 aromatic carbocycles. The smallest absolute Gasteiger partial charge is 0.262 e. The number of nitrogens with one attached hydrogen (secondary N) is 2. The van der Waals surface area contributed by atoms with E-state index in [0.29, 0.717) is 28.0 Å². The Morgan fingerprint density at radius 3 is 2.91 bits per heavy atom. The van der Waals surface area contributed by atoms with Gasteiger partial charge in [0, 0.05) is 36.9 Å². The van der Waals surface area contributed by atoms with E-state index in [2.05, 4.69) is 20.8 Å². The Labute approximate surface area is 200 Å². The first-order chi connectivity index (χ1) is 15.9. The number of nitrogens with zero attached hydrogens (tertiary/aromatic N) is 4. The van der Waals surface area contributed by atoms with Gasteiger partial charge in [0.1, 0.15) is 10.9 Å². The van der Waals surface area contributed by atoms with Crippen molar-refractivity contribution < 1.29 is 9.18 Å². The summed E-state index contributed by atoms with van der Waals surface area (Å²) in [5.74, 6) is -0.512. The largest absolute Gasteiger partial charge is 0.346 e. The van der Waals surface area contributed by atoms with Gasteiger partial charge in [-0.25, -0.2) is 9.37 Å². The number of aromatic nitrogens is 2. The van der Waals surface area contributed by atoms with Crippen LogP contribution in [0.15, 0.2) is 41.8 Å². The van der Waals surface area contributed by atoms with Crippen LogP contribution in [0.4, 0.5) is 10.2 Å². The number of carbonyl (C=O) groups is 1. The quantitative estimate of drug-likeness (QED) is 0.580. The molecule has 0 radical (unpaired) electrons. The van der Waals surface area contributed by atoms with Gasteiger partial charge in [0.15, 0.2) is 5.82 Å². The van der Waals surface area contributed by atoms with Crippen LogP contribution in [-0.4, -0.2) is 45.0 Å². The highest BCUT2D eigenvalue weighted by molar-refractivity contribution is 8.15. The Bertz CT molecular complexity index is 1260. The highest BCUT2D eigenvalue weighted by Gasteiger charge is 2.32. The molecule has 2 aliphatic rings. The third-order valence-corrected chi connectivity index (χ3v) is 7.30. The van der Waals surface area contributed by atoms with Gasteiger partial charge in [0.25, 0.3) is 5.91 Å². The zero-order valence-electron chi connectivity index (χ0n) is 18.3. The molecule has 4 heterocycles. The average molecular weight is 487 g/mol. The van der Waals surface area contributed by atoms with Crippen LogP contribution < -0.4 is 15.6 Å². The minimum absolute atomic E-state index is 0.00744. The molecular formula is C23H24ClFN6OS. The van der Waals surface area contributed by atoms with E-state index in [-0.39, 0.29) is 17.0 Å².